The van der Waals surface area contributed by atoms with Crippen molar-refractivity contribution in [1.29, 1.82) is 0 Å². The minimum absolute atomic E-state index is 0.0483. The van der Waals surface area contributed by atoms with Crippen LogP contribution in [0.15, 0.2) is 24.3 Å². The molecule has 0 aliphatic heterocycles. The molecule has 104 valence electrons. The first-order valence-electron chi connectivity index (χ1n) is 6.90. The fraction of sp³-hybridized carbons (Fsp3) is 0.471. The second kappa shape index (κ2) is 10.2. The number of amides is 1. The lowest BCUT2D eigenvalue weighted by Crippen LogP contribution is -2.19. The van der Waals surface area contributed by atoms with Gasteiger partial charge in [-0.3, -0.25) is 4.79 Å². The smallest absolute Gasteiger partial charge is 0.217 e. The summed E-state index contributed by atoms with van der Waals surface area (Å²) in [5.41, 5.74) is 2.32. The van der Waals surface area contributed by atoms with Gasteiger partial charge in [0.1, 0.15) is 0 Å². The Kier molecular flexibility index (Phi) is 9.26. The van der Waals surface area contributed by atoms with Gasteiger partial charge in [0.2, 0.25) is 5.91 Å². The zero-order valence-corrected chi connectivity index (χ0v) is 12.7. The minimum Gasteiger partial charge on any atom is -0.345 e. The lowest BCUT2D eigenvalue weighted by molar-refractivity contribution is -0.118. The van der Waals surface area contributed by atoms with Crippen molar-refractivity contribution in [3.8, 4) is 11.8 Å². The number of carbonyl (C=O) groups excluding carboxylic acids is 1. The monoisotopic (exact) mass is 259 g/mol. The summed E-state index contributed by atoms with van der Waals surface area (Å²) in [6, 6.07) is 8.25. The third kappa shape index (κ3) is 8.90. The van der Waals surface area contributed by atoms with Gasteiger partial charge >= 0.3 is 0 Å². The molecule has 1 aromatic carbocycles. The van der Waals surface area contributed by atoms with E-state index < -0.39 is 0 Å². The first kappa shape index (κ1) is 17.2. The van der Waals surface area contributed by atoms with E-state index in [1.165, 1.54) is 12.5 Å². The van der Waals surface area contributed by atoms with Crippen molar-refractivity contribution >= 4 is 5.91 Å². The third-order valence-electron chi connectivity index (χ3n) is 2.23. The molecule has 0 fully saturated rings. The molecule has 2 heteroatoms. The van der Waals surface area contributed by atoms with Gasteiger partial charge in [-0.05, 0) is 30.0 Å². The fourth-order valence-electron chi connectivity index (χ4n) is 1.56. The predicted molar refractivity (Wildman–Crippen MR) is 81.9 cm³/mol. The molecule has 1 amide bonds. The Morgan fingerprint density at radius 2 is 2.00 bits per heavy atom. The molecule has 0 atom stereocenters. The van der Waals surface area contributed by atoms with Crippen LogP contribution in [0.3, 0.4) is 0 Å². The average molecular weight is 259 g/mol. The molecule has 0 spiro atoms. The van der Waals surface area contributed by atoms with E-state index in [1.807, 2.05) is 26.0 Å². The van der Waals surface area contributed by atoms with Gasteiger partial charge in [-0.1, -0.05) is 51.7 Å². The normalized spacial score (nSPS) is 8.95. The van der Waals surface area contributed by atoms with Crippen LogP contribution in [-0.4, -0.2) is 12.5 Å². The minimum atomic E-state index is -0.0483. The van der Waals surface area contributed by atoms with Crippen LogP contribution in [0.25, 0.3) is 0 Å². The van der Waals surface area contributed by atoms with Crippen LogP contribution in [0, 0.1) is 17.8 Å². The Morgan fingerprint density at radius 1 is 1.32 bits per heavy atom. The van der Waals surface area contributed by atoms with Crippen molar-refractivity contribution in [2.45, 2.75) is 41.0 Å². The van der Waals surface area contributed by atoms with E-state index in [2.05, 4.69) is 43.1 Å². The number of benzene rings is 1. The highest BCUT2D eigenvalue weighted by molar-refractivity contribution is 5.73. The molecule has 0 unspecified atom stereocenters. The van der Waals surface area contributed by atoms with E-state index >= 15 is 0 Å². The largest absolute Gasteiger partial charge is 0.345 e. The van der Waals surface area contributed by atoms with E-state index in [4.69, 9.17) is 0 Å². The second-order valence-corrected chi connectivity index (χ2v) is 4.51. The molecule has 0 saturated heterocycles. The van der Waals surface area contributed by atoms with Crippen LogP contribution in [0.4, 0.5) is 0 Å². The van der Waals surface area contributed by atoms with Gasteiger partial charge in [-0.2, -0.15) is 0 Å². The standard InChI is InChI=1S/C15H19NO.C2H6/c1-12(2)10-15-7-4-6-14(11-15)8-5-9-16-13(3)17;1-2/h4,6-7,11-12H,9-10H2,1-3H3,(H,16,17);1-2H3. The van der Waals surface area contributed by atoms with Crippen molar-refractivity contribution in [2.24, 2.45) is 5.92 Å². The summed E-state index contributed by atoms with van der Waals surface area (Å²) in [6.07, 6.45) is 1.07. The van der Waals surface area contributed by atoms with Gasteiger partial charge in [0.15, 0.2) is 0 Å². The van der Waals surface area contributed by atoms with Gasteiger partial charge in [0.05, 0.1) is 6.54 Å². The average Bonchev–Trinajstić information content (AvgIpc) is 2.36. The molecule has 0 saturated carbocycles. The van der Waals surface area contributed by atoms with Gasteiger partial charge in [0.25, 0.3) is 0 Å². The molecule has 19 heavy (non-hydrogen) atoms. The van der Waals surface area contributed by atoms with Crippen LogP contribution < -0.4 is 5.32 Å². The first-order valence-corrected chi connectivity index (χ1v) is 6.90. The van der Waals surface area contributed by atoms with Crippen LogP contribution in [0.1, 0.15) is 45.7 Å². The molecule has 1 aromatic rings. The van der Waals surface area contributed by atoms with Crippen molar-refractivity contribution in [3.05, 3.63) is 35.4 Å². The molecule has 0 aliphatic carbocycles. The third-order valence-corrected chi connectivity index (χ3v) is 2.23. The zero-order valence-electron chi connectivity index (χ0n) is 12.7. The van der Waals surface area contributed by atoms with Crippen LogP contribution in [0.2, 0.25) is 0 Å². The number of hydrogen-bond donors (Lipinski definition) is 1. The molecular weight excluding hydrogens is 234 g/mol. The van der Waals surface area contributed by atoms with Gasteiger partial charge in [-0.25, -0.2) is 0 Å². The zero-order chi connectivity index (χ0) is 14.7. The Hall–Kier alpha value is -1.75. The molecular formula is C17H25NO. The van der Waals surface area contributed by atoms with Gasteiger partial charge in [-0.15, -0.1) is 0 Å². The lowest BCUT2D eigenvalue weighted by Gasteiger charge is -2.04. The molecule has 1 N–H and O–H groups in total. The van der Waals surface area contributed by atoms with E-state index in [0.29, 0.717) is 12.5 Å². The molecule has 1 rings (SSSR count). The quantitative estimate of drug-likeness (QED) is 0.828. The summed E-state index contributed by atoms with van der Waals surface area (Å²) in [5.74, 6) is 6.58. The van der Waals surface area contributed by atoms with Crippen molar-refractivity contribution in [3.63, 3.8) is 0 Å². The molecule has 0 aliphatic rings. The molecule has 0 radical (unpaired) electrons. The predicted octanol–water partition coefficient (Wildman–Crippen LogP) is 3.40. The van der Waals surface area contributed by atoms with E-state index in [9.17, 15) is 4.79 Å². The summed E-state index contributed by atoms with van der Waals surface area (Å²) in [6.45, 7) is 10.3. The molecule has 0 bridgehead atoms. The van der Waals surface area contributed by atoms with E-state index in [0.717, 1.165) is 12.0 Å². The number of hydrogen-bond acceptors (Lipinski definition) is 1. The van der Waals surface area contributed by atoms with Crippen molar-refractivity contribution in [2.75, 3.05) is 6.54 Å². The summed E-state index contributed by atoms with van der Waals surface area (Å²) >= 11 is 0. The number of nitrogens with one attached hydrogen (secondary N) is 1. The number of carbonyl (C=O) groups is 1. The Morgan fingerprint density at radius 3 is 2.58 bits per heavy atom. The summed E-state index contributed by atoms with van der Waals surface area (Å²) in [5, 5.41) is 2.65. The van der Waals surface area contributed by atoms with Crippen molar-refractivity contribution in [1.82, 2.24) is 5.32 Å². The maximum atomic E-state index is 10.7. The van der Waals surface area contributed by atoms with Gasteiger partial charge in [0, 0.05) is 12.5 Å². The second-order valence-electron chi connectivity index (χ2n) is 4.51. The Balaban J connectivity index is 0.00000154. The maximum Gasteiger partial charge on any atom is 0.217 e. The Bertz CT molecular complexity index is 438. The lowest BCUT2D eigenvalue weighted by atomic mass is 10.0. The first-order chi connectivity index (χ1) is 9.08. The highest BCUT2D eigenvalue weighted by Crippen LogP contribution is 2.09. The highest BCUT2D eigenvalue weighted by atomic mass is 16.1. The molecule has 0 heterocycles. The summed E-state index contributed by atoms with van der Waals surface area (Å²) < 4.78 is 0. The maximum absolute atomic E-state index is 10.7. The van der Waals surface area contributed by atoms with E-state index in [1.54, 1.807) is 0 Å². The van der Waals surface area contributed by atoms with Crippen LogP contribution in [-0.2, 0) is 11.2 Å². The SMILES string of the molecule is CC.CC(=O)NCC#Cc1cccc(CC(C)C)c1. The molecule has 0 aromatic heterocycles. The number of rotatable bonds is 3. The van der Waals surface area contributed by atoms with Gasteiger partial charge < -0.3 is 5.32 Å². The van der Waals surface area contributed by atoms with Crippen LogP contribution >= 0.6 is 0 Å². The molecule has 2 nitrogen and oxygen atoms in total. The van der Waals surface area contributed by atoms with E-state index in [-0.39, 0.29) is 5.91 Å². The fourth-order valence-corrected chi connectivity index (χ4v) is 1.56. The van der Waals surface area contributed by atoms with Crippen LogP contribution in [0.5, 0.6) is 0 Å². The Labute approximate surface area is 117 Å². The summed E-state index contributed by atoms with van der Waals surface area (Å²) in [7, 11) is 0. The van der Waals surface area contributed by atoms with Crippen molar-refractivity contribution < 1.29 is 4.79 Å². The topological polar surface area (TPSA) is 29.1 Å². The highest BCUT2D eigenvalue weighted by Gasteiger charge is 1.97. The summed E-state index contributed by atoms with van der Waals surface area (Å²) in [4.78, 5) is 10.7.